The maximum atomic E-state index is 11.4. The van der Waals surface area contributed by atoms with Crippen molar-refractivity contribution >= 4 is 0 Å². The second-order valence-electron chi connectivity index (χ2n) is 10.1. The van der Waals surface area contributed by atoms with E-state index in [1.165, 1.54) is 35.5 Å². The number of methoxy groups -OCH3 is 6. The molecule has 7 atom stereocenters. The number of hydrogen-bond acceptors (Lipinski definition) is 12. The Balaban J connectivity index is 2.47. The van der Waals surface area contributed by atoms with Crippen LogP contribution < -0.4 is 28.4 Å². The highest BCUT2D eigenvalue weighted by Crippen LogP contribution is 2.39. The van der Waals surface area contributed by atoms with Gasteiger partial charge in [0, 0.05) is 12.1 Å². The molecule has 0 spiro atoms. The van der Waals surface area contributed by atoms with Crippen LogP contribution >= 0.6 is 0 Å². The predicted molar refractivity (Wildman–Crippen MR) is 154 cm³/mol. The monoisotopic (exact) mass is 598 g/mol. The zero-order valence-corrected chi connectivity index (χ0v) is 25.3. The van der Waals surface area contributed by atoms with Gasteiger partial charge in [-0.05, 0) is 54.4 Å². The maximum Gasteiger partial charge on any atom is 0.164 e. The largest absolute Gasteiger partial charge is 0.496 e. The molecule has 6 N–H and O–H groups in total. The van der Waals surface area contributed by atoms with E-state index >= 15 is 0 Å². The molecule has 12 nitrogen and oxygen atoms in total. The molecule has 0 radical (unpaired) electrons. The number of hydrogen-bond donors (Lipinski definition) is 6. The standard InChI is InChI=1S/C30H46O12/c1-16(8-9-17-11-23(39-4)25(41-6)13-21(17)37-2)19(27(33)29(35)30(36)28(34)20(32)15-31)10-18-12-24(40-5)26(42-7)14-22(18)38-3/h11-14,16,19-20,27-36H,8-10,15H2,1-7H3/t16?,19?,20-,27?,28+,29+,30-/m0/s1. The van der Waals surface area contributed by atoms with E-state index in [1.54, 1.807) is 25.3 Å². The fraction of sp³-hybridized carbons (Fsp3) is 0.600. The molecule has 12 heteroatoms. The van der Waals surface area contributed by atoms with Gasteiger partial charge in [-0.1, -0.05) is 6.92 Å². The summed E-state index contributed by atoms with van der Waals surface area (Å²) in [7, 11) is 9.10. The minimum Gasteiger partial charge on any atom is -0.496 e. The zero-order valence-electron chi connectivity index (χ0n) is 25.3. The molecule has 0 aliphatic rings. The van der Waals surface area contributed by atoms with Gasteiger partial charge in [0.05, 0.1) is 55.4 Å². The van der Waals surface area contributed by atoms with Gasteiger partial charge in [-0.15, -0.1) is 0 Å². The average molecular weight is 599 g/mol. The van der Waals surface area contributed by atoms with Gasteiger partial charge in [-0.3, -0.25) is 0 Å². The summed E-state index contributed by atoms with van der Waals surface area (Å²) in [5.74, 6) is 2.01. The van der Waals surface area contributed by atoms with Gasteiger partial charge < -0.3 is 59.1 Å². The first-order valence-electron chi connectivity index (χ1n) is 13.6. The van der Waals surface area contributed by atoms with Crippen molar-refractivity contribution < 1.29 is 59.1 Å². The van der Waals surface area contributed by atoms with E-state index in [0.717, 1.165) is 5.56 Å². The second kappa shape index (κ2) is 16.6. The molecule has 2 aromatic carbocycles. The Bertz CT molecular complexity index is 1110. The van der Waals surface area contributed by atoms with Crippen molar-refractivity contribution in [1.82, 2.24) is 0 Å². The summed E-state index contributed by atoms with van der Waals surface area (Å²) in [6, 6.07) is 6.92. The van der Waals surface area contributed by atoms with Crippen LogP contribution in [0.5, 0.6) is 34.5 Å². The lowest BCUT2D eigenvalue weighted by molar-refractivity contribution is -0.152. The molecule has 0 heterocycles. The van der Waals surface area contributed by atoms with Crippen molar-refractivity contribution in [3.05, 3.63) is 35.4 Å². The first-order chi connectivity index (χ1) is 20.0. The number of ether oxygens (including phenoxy) is 6. The molecule has 0 saturated heterocycles. The van der Waals surface area contributed by atoms with E-state index in [4.69, 9.17) is 28.4 Å². The SMILES string of the molecule is COc1cc(OC)c(OC)cc1CCC(C)C(Cc1cc(OC)c(OC)cc1OC)C(O)[C@@H](O)[C@@H](O)[C@H](O)[C@@H](O)CO. The molecule has 238 valence electrons. The molecule has 0 aliphatic carbocycles. The molecule has 0 aromatic heterocycles. The fourth-order valence-corrected chi connectivity index (χ4v) is 5.04. The van der Waals surface area contributed by atoms with Crippen molar-refractivity contribution in [2.24, 2.45) is 11.8 Å². The summed E-state index contributed by atoms with van der Waals surface area (Å²) in [6.07, 6.45) is -7.75. The van der Waals surface area contributed by atoms with Crippen LogP contribution in [0.3, 0.4) is 0 Å². The quantitative estimate of drug-likeness (QED) is 0.144. The molecule has 3 unspecified atom stereocenters. The predicted octanol–water partition coefficient (Wildman–Crippen LogP) is 0.963. The van der Waals surface area contributed by atoms with E-state index in [0.29, 0.717) is 52.9 Å². The summed E-state index contributed by atoms with van der Waals surface area (Å²) in [4.78, 5) is 0. The van der Waals surface area contributed by atoms with Crippen LogP contribution in [0.15, 0.2) is 24.3 Å². The van der Waals surface area contributed by atoms with Crippen LogP contribution in [0.4, 0.5) is 0 Å². The van der Waals surface area contributed by atoms with E-state index in [-0.39, 0.29) is 12.3 Å². The molecule has 2 aromatic rings. The lowest BCUT2D eigenvalue weighted by Gasteiger charge is -2.35. The van der Waals surface area contributed by atoms with Crippen molar-refractivity contribution in [1.29, 1.82) is 0 Å². The van der Waals surface area contributed by atoms with Crippen LogP contribution in [-0.2, 0) is 12.8 Å². The Kier molecular flexibility index (Phi) is 13.9. The zero-order chi connectivity index (χ0) is 31.6. The first-order valence-corrected chi connectivity index (χ1v) is 13.6. The first kappa shape index (κ1) is 35.2. The number of aliphatic hydroxyl groups excluding tert-OH is 6. The van der Waals surface area contributed by atoms with E-state index < -0.39 is 43.0 Å². The molecule has 42 heavy (non-hydrogen) atoms. The van der Waals surface area contributed by atoms with E-state index in [9.17, 15) is 30.6 Å². The van der Waals surface area contributed by atoms with Crippen molar-refractivity contribution in [2.75, 3.05) is 49.3 Å². The molecule has 0 fully saturated rings. The third-order valence-corrected chi connectivity index (χ3v) is 7.70. The minimum absolute atomic E-state index is 0.178. The third kappa shape index (κ3) is 8.30. The van der Waals surface area contributed by atoms with Crippen LogP contribution in [0, 0.1) is 11.8 Å². The third-order valence-electron chi connectivity index (χ3n) is 7.70. The van der Waals surface area contributed by atoms with E-state index in [1.807, 2.05) is 13.0 Å². The molecule has 0 bridgehead atoms. The summed E-state index contributed by atoms with van der Waals surface area (Å²) in [6.45, 7) is 1.06. The summed E-state index contributed by atoms with van der Waals surface area (Å²) < 4.78 is 32.8. The number of rotatable bonds is 18. The second-order valence-corrected chi connectivity index (χ2v) is 10.1. The molecule has 0 amide bonds. The maximum absolute atomic E-state index is 11.4. The van der Waals surface area contributed by atoms with Crippen molar-refractivity contribution in [2.45, 2.75) is 56.7 Å². The Labute approximate surface area is 247 Å². The van der Waals surface area contributed by atoms with Gasteiger partial charge in [0.15, 0.2) is 23.0 Å². The molecule has 2 rings (SSSR count). The summed E-state index contributed by atoms with van der Waals surface area (Å²) >= 11 is 0. The fourth-order valence-electron chi connectivity index (χ4n) is 5.04. The number of aliphatic hydroxyl groups is 6. The van der Waals surface area contributed by atoms with Crippen LogP contribution in [0.25, 0.3) is 0 Å². The average Bonchev–Trinajstić information content (AvgIpc) is 3.02. The Hall–Kier alpha value is -3.00. The van der Waals surface area contributed by atoms with Crippen LogP contribution in [0.1, 0.15) is 24.5 Å². The molecular weight excluding hydrogens is 552 g/mol. The number of benzene rings is 2. The van der Waals surface area contributed by atoms with E-state index in [2.05, 4.69) is 0 Å². The van der Waals surface area contributed by atoms with Crippen molar-refractivity contribution in [3.8, 4) is 34.5 Å². The van der Waals surface area contributed by atoms with Crippen molar-refractivity contribution in [3.63, 3.8) is 0 Å². The molecule has 0 aliphatic heterocycles. The van der Waals surface area contributed by atoms with Gasteiger partial charge in [-0.2, -0.15) is 0 Å². The van der Waals surface area contributed by atoms with Gasteiger partial charge >= 0.3 is 0 Å². The Morgan fingerprint density at radius 2 is 0.952 bits per heavy atom. The Morgan fingerprint density at radius 3 is 1.40 bits per heavy atom. The minimum atomic E-state index is -1.94. The van der Waals surface area contributed by atoms with Gasteiger partial charge in [-0.25, -0.2) is 0 Å². The van der Waals surface area contributed by atoms with Gasteiger partial charge in [0.25, 0.3) is 0 Å². The highest BCUT2D eigenvalue weighted by Gasteiger charge is 2.39. The number of aryl methyl sites for hydroxylation is 1. The smallest absolute Gasteiger partial charge is 0.164 e. The van der Waals surface area contributed by atoms with Crippen LogP contribution in [0.2, 0.25) is 0 Å². The molecular formula is C30H46O12. The lowest BCUT2D eigenvalue weighted by atomic mass is 9.77. The lowest BCUT2D eigenvalue weighted by Crippen LogP contribution is -2.52. The molecule has 0 saturated carbocycles. The normalized spacial score (nSPS) is 16.4. The summed E-state index contributed by atoms with van der Waals surface area (Å²) in [5.41, 5.74) is 1.48. The Morgan fingerprint density at radius 1 is 0.548 bits per heavy atom. The van der Waals surface area contributed by atoms with Crippen LogP contribution in [-0.4, -0.2) is 110 Å². The highest BCUT2D eigenvalue weighted by atomic mass is 16.5. The van der Waals surface area contributed by atoms with Gasteiger partial charge in [0.1, 0.15) is 35.9 Å². The highest BCUT2D eigenvalue weighted by molar-refractivity contribution is 5.52. The topological polar surface area (TPSA) is 177 Å². The van der Waals surface area contributed by atoms with Gasteiger partial charge in [0.2, 0.25) is 0 Å². The summed E-state index contributed by atoms with van der Waals surface area (Å²) in [5, 5.41) is 62.1.